The minimum absolute atomic E-state index is 0.142. The van der Waals surface area contributed by atoms with Crippen molar-refractivity contribution < 1.29 is 4.39 Å². The van der Waals surface area contributed by atoms with E-state index in [9.17, 15) is 4.39 Å². The maximum Gasteiger partial charge on any atom is 0.220 e. The van der Waals surface area contributed by atoms with E-state index in [0.717, 1.165) is 5.56 Å². The molecular weight excluding hydrogens is 333 g/mol. The van der Waals surface area contributed by atoms with Crippen LogP contribution in [-0.2, 0) is 0 Å². The summed E-state index contributed by atoms with van der Waals surface area (Å²) >= 11 is 0. The molecule has 3 aromatic rings. The standard InChI is InChI=1S/C18H20FN7/c1-10(2)22-15-9-16(23-13-7-11(3)6-12(19)8-13)26-17(25-15)14-4-5-21-18(20)24-14/h4-10H,1-3H3,(H2,20,21,24)(H2,22,23,25,26). The Morgan fingerprint density at radius 2 is 1.81 bits per heavy atom. The molecule has 4 N–H and O–H groups in total. The number of benzene rings is 1. The summed E-state index contributed by atoms with van der Waals surface area (Å²) < 4.78 is 13.7. The first kappa shape index (κ1) is 17.5. The fourth-order valence-corrected chi connectivity index (χ4v) is 2.45. The smallest absolute Gasteiger partial charge is 0.220 e. The molecule has 0 bridgehead atoms. The van der Waals surface area contributed by atoms with Gasteiger partial charge in [0.15, 0.2) is 5.82 Å². The summed E-state index contributed by atoms with van der Waals surface area (Å²) in [7, 11) is 0. The number of nitrogens with two attached hydrogens (primary N) is 1. The predicted octanol–water partition coefficient (Wildman–Crippen LogP) is 3.53. The van der Waals surface area contributed by atoms with E-state index in [1.54, 1.807) is 18.3 Å². The van der Waals surface area contributed by atoms with Gasteiger partial charge in [0.2, 0.25) is 5.95 Å². The van der Waals surface area contributed by atoms with Crippen LogP contribution < -0.4 is 16.4 Å². The molecule has 8 heteroatoms. The number of anilines is 4. The van der Waals surface area contributed by atoms with Gasteiger partial charge in [-0.2, -0.15) is 0 Å². The summed E-state index contributed by atoms with van der Waals surface area (Å²) in [6.07, 6.45) is 1.55. The van der Waals surface area contributed by atoms with Crippen molar-refractivity contribution in [2.24, 2.45) is 0 Å². The molecule has 3 rings (SSSR count). The molecule has 2 aromatic heterocycles. The second-order valence-corrected chi connectivity index (χ2v) is 6.20. The Labute approximate surface area is 150 Å². The van der Waals surface area contributed by atoms with Crippen LogP contribution in [-0.4, -0.2) is 26.0 Å². The molecular formula is C18H20FN7. The van der Waals surface area contributed by atoms with Crippen LogP contribution in [0, 0.1) is 12.7 Å². The van der Waals surface area contributed by atoms with Crippen LogP contribution in [0.5, 0.6) is 0 Å². The van der Waals surface area contributed by atoms with E-state index < -0.39 is 0 Å². The molecule has 0 saturated heterocycles. The van der Waals surface area contributed by atoms with Crippen molar-refractivity contribution in [3.05, 3.63) is 47.9 Å². The van der Waals surface area contributed by atoms with Crippen molar-refractivity contribution in [3.8, 4) is 11.5 Å². The summed E-state index contributed by atoms with van der Waals surface area (Å²) in [6, 6.07) is 8.33. The number of hydrogen-bond acceptors (Lipinski definition) is 7. The topological polar surface area (TPSA) is 102 Å². The van der Waals surface area contributed by atoms with E-state index in [0.29, 0.717) is 28.8 Å². The maximum atomic E-state index is 13.7. The zero-order chi connectivity index (χ0) is 18.7. The summed E-state index contributed by atoms with van der Waals surface area (Å²) in [5, 5.41) is 6.36. The van der Waals surface area contributed by atoms with Crippen molar-refractivity contribution in [2.75, 3.05) is 16.4 Å². The molecule has 7 nitrogen and oxygen atoms in total. The second-order valence-electron chi connectivity index (χ2n) is 6.20. The molecule has 0 aliphatic rings. The van der Waals surface area contributed by atoms with Gasteiger partial charge in [-0.3, -0.25) is 0 Å². The monoisotopic (exact) mass is 353 g/mol. The highest BCUT2D eigenvalue weighted by molar-refractivity contribution is 5.64. The molecule has 0 fully saturated rings. The minimum Gasteiger partial charge on any atom is -0.368 e. The lowest BCUT2D eigenvalue weighted by atomic mass is 10.2. The second kappa shape index (κ2) is 7.30. The molecule has 0 aliphatic carbocycles. The van der Waals surface area contributed by atoms with E-state index in [1.807, 2.05) is 26.8 Å². The number of aromatic nitrogens is 4. The van der Waals surface area contributed by atoms with E-state index in [2.05, 4.69) is 30.6 Å². The number of aryl methyl sites for hydroxylation is 1. The summed E-state index contributed by atoms with van der Waals surface area (Å²) in [6.45, 7) is 5.84. The molecule has 0 spiro atoms. The molecule has 0 radical (unpaired) electrons. The quantitative estimate of drug-likeness (QED) is 0.645. The highest BCUT2D eigenvalue weighted by atomic mass is 19.1. The van der Waals surface area contributed by atoms with Gasteiger partial charge in [0.05, 0.1) is 0 Å². The highest BCUT2D eigenvalue weighted by Crippen LogP contribution is 2.23. The molecule has 0 amide bonds. The van der Waals surface area contributed by atoms with Crippen LogP contribution in [0.3, 0.4) is 0 Å². The molecule has 0 aliphatic heterocycles. The zero-order valence-corrected chi connectivity index (χ0v) is 14.8. The largest absolute Gasteiger partial charge is 0.368 e. The van der Waals surface area contributed by atoms with Gasteiger partial charge in [0, 0.05) is 24.0 Å². The highest BCUT2D eigenvalue weighted by Gasteiger charge is 2.10. The fourth-order valence-electron chi connectivity index (χ4n) is 2.45. The Bertz CT molecular complexity index is 907. The van der Waals surface area contributed by atoms with Crippen LogP contribution in [0.1, 0.15) is 19.4 Å². The number of nitrogen functional groups attached to an aromatic ring is 1. The average molecular weight is 353 g/mol. The predicted molar refractivity (Wildman–Crippen MR) is 101 cm³/mol. The molecule has 0 unspecified atom stereocenters. The van der Waals surface area contributed by atoms with Gasteiger partial charge < -0.3 is 16.4 Å². The summed E-state index contributed by atoms with van der Waals surface area (Å²) in [4.78, 5) is 17.0. The average Bonchev–Trinajstić information content (AvgIpc) is 2.53. The van der Waals surface area contributed by atoms with Crippen LogP contribution in [0.15, 0.2) is 36.5 Å². The molecule has 0 atom stereocenters. The van der Waals surface area contributed by atoms with Crippen molar-refractivity contribution >= 4 is 23.3 Å². The van der Waals surface area contributed by atoms with Gasteiger partial charge in [-0.15, -0.1) is 0 Å². The van der Waals surface area contributed by atoms with Gasteiger partial charge in [-0.1, -0.05) is 0 Å². The van der Waals surface area contributed by atoms with Gasteiger partial charge in [0.25, 0.3) is 0 Å². The Morgan fingerprint density at radius 3 is 2.50 bits per heavy atom. The zero-order valence-electron chi connectivity index (χ0n) is 14.8. The first-order valence-corrected chi connectivity index (χ1v) is 8.18. The first-order chi connectivity index (χ1) is 12.4. The van der Waals surface area contributed by atoms with Gasteiger partial charge in [-0.05, 0) is 50.6 Å². The number of hydrogen-bond donors (Lipinski definition) is 3. The normalized spacial score (nSPS) is 10.8. The van der Waals surface area contributed by atoms with Crippen LogP contribution in [0.25, 0.3) is 11.5 Å². The number of halogens is 1. The van der Waals surface area contributed by atoms with E-state index in [-0.39, 0.29) is 17.8 Å². The fraction of sp³-hybridized carbons (Fsp3) is 0.222. The number of nitrogens with one attached hydrogen (secondary N) is 2. The molecule has 134 valence electrons. The third-order valence-corrected chi connectivity index (χ3v) is 3.38. The van der Waals surface area contributed by atoms with E-state index >= 15 is 0 Å². The van der Waals surface area contributed by atoms with E-state index in [1.165, 1.54) is 12.1 Å². The van der Waals surface area contributed by atoms with Gasteiger partial charge in [-0.25, -0.2) is 24.3 Å². The van der Waals surface area contributed by atoms with Crippen LogP contribution >= 0.6 is 0 Å². The summed E-state index contributed by atoms with van der Waals surface area (Å²) in [5.41, 5.74) is 7.57. The van der Waals surface area contributed by atoms with E-state index in [4.69, 9.17) is 5.73 Å². The van der Waals surface area contributed by atoms with Crippen molar-refractivity contribution in [1.29, 1.82) is 0 Å². The Morgan fingerprint density at radius 1 is 1.04 bits per heavy atom. The Kier molecular flexibility index (Phi) is 4.92. The lowest BCUT2D eigenvalue weighted by molar-refractivity contribution is 0.627. The number of rotatable bonds is 5. The lowest BCUT2D eigenvalue weighted by Gasteiger charge is -2.13. The molecule has 1 aromatic carbocycles. The third kappa shape index (κ3) is 4.41. The third-order valence-electron chi connectivity index (χ3n) is 3.38. The van der Waals surface area contributed by atoms with Crippen molar-refractivity contribution in [2.45, 2.75) is 26.8 Å². The van der Waals surface area contributed by atoms with Crippen molar-refractivity contribution in [1.82, 2.24) is 19.9 Å². The maximum absolute atomic E-state index is 13.7. The Balaban J connectivity index is 2.01. The molecule has 0 saturated carbocycles. The van der Waals surface area contributed by atoms with Crippen LogP contribution in [0.2, 0.25) is 0 Å². The lowest BCUT2D eigenvalue weighted by Crippen LogP contribution is -2.12. The minimum atomic E-state index is -0.314. The van der Waals surface area contributed by atoms with Gasteiger partial charge >= 0.3 is 0 Å². The SMILES string of the molecule is Cc1cc(F)cc(Nc2cc(NC(C)C)nc(-c3ccnc(N)n3)n2)c1. The van der Waals surface area contributed by atoms with Crippen molar-refractivity contribution in [3.63, 3.8) is 0 Å². The summed E-state index contributed by atoms with van der Waals surface area (Å²) in [5.74, 6) is 1.35. The Hall–Kier alpha value is -3.29. The van der Waals surface area contributed by atoms with Gasteiger partial charge in [0.1, 0.15) is 23.1 Å². The number of nitrogens with zero attached hydrogens (tertiary/aromatic N) is 4. The molecule has 2 heterocycles. The van der Waals surface area contributed by atoms with Crippen LogP contribution in [0.4, 0.5) is 27.7 Å². The molecule has 26 heavy (non-hydrogen) atoms. The first-order valence-electron chi connectivity index (χ1n) is 8.18.